The topological polar surface area (TPSA) is 23.5 Å². The van der Waals surface area contributed by atoms with Gasteiger partial charge >= 0.3 is 0 Å². The highest BCUT2D eigenvalue weighted by Crippen LogP contribution is 2.18. The molecule has 0 saturated carbocycles. The molecule has 1 fully saturated rings. The molecule has 1 heterocycles. The van der Waals surface area contributed by atoms with Gasteiger partial charge in [-0.25, -0.2) is 8.78 Å². The van der Waals surface area contributed by atoms with Gasteiger partial charge in [0, 0.05) is 12.6 Å². The van der Waals surface area contributed by atoms with Crippen LogP contribution in [-0.2, 0) is 6.42 Å². The maximum absolute atomic E-state index is 13.5. The zero-order valence-electron chi connectivity index (χ0n) is 10.4. The Labute approximate surface area is 106 Å². The second-order valence-corrected chi connectivity index (χ2v) is 4.85. The Bertz CT molecular complexity index is 397. The normalized spacial score (nSPS) is 21.2. The summed E-state index contributed by atoms with van der Waals surface area (Å²) in [7, 11) is 0. The van der Waals surface area contributed by atoms with E-state index in [1.54, 1.807) is 0 Å². The van der Waals surface area contributed by atoms with E-state index in [0.717, 1.165) is 31.9 Å². The molecule has 0 aliphatic carbocycles. The molecule has 1 aromatic rings. The summed E-state index contributed by atoms with van der Waals surface area (Å²) in [5.41, 5.74) is 0.414. The molecule has 0 radical (unpaired) electrons. The Morgan fingerprint density at radius 1 is 1.28 bits per heavy atom. The molecule has 2 nitrogen and oxygen atoms in total. The third kappa shape index (κ3) is 3.27. The quantitative estimate of drug-likeness (QED) is 0.892. The van der Waals surface area contributed by atoms with E-state index in [4.69, 9.17) is 0 Å². The third-order valence-electron chi connectivity index (χ3n) is 3.64. The highest BCUT2D eigenvalue weighted by Gasteiger charge is 2.21. The van der Waals surface area contributed by atoms with Crippen LogP contribution in [0.25, 0.3) is 0 Å². The van der Waals surface area contributed by atoms with Crippen molar-refractivity contribution in [1.82, 2.24) is 4.90 Å². The minimum Gasteiger partial charge on any atom is -0.395 e. The van der Waals surface area contributed by atoms with Gasteiger partial charge in [0.05, 0.1) is 6.61 Å². The standard InChI is InChI=1S/C14H19F2NO/c15-12-4-5-14(16)11(9-12)6-8-17-7-2-1-3-13(17)10-18/h4-5,9,13,18H,1-3,6-8,10H2. The highest BCUT2D eigenvalue weighted by molar-refractivity contribution is 5.19. The molecule has 1 aliphatic heterocycles. The van der Waals surface area contributed by atoms with Gasteiger partial charge in [-0.2, -0.15) is 0 Å². The number of likely N-dealkylation sites (tertiary alicyclic amines) is 1. The fourth-order valence-electron chi connectivity index (χ4n) is 2.56. The van der Waals surface area contributed by atoms with Crippen LogP contribution < -0.4 is 0 Å². The zero-order valence-corrected chi connectivity index (χ0v) is 10.4. The monoisotopic (exact) mass is 255 g/mol. The SMILES string of the molecule is OCC1CCCCN1CCc1cc(F)ccc1F. The lowest BCUT2D eigenvalue weighted by molar-refractivity contribution is 0.0911. The molecule has 0 spiro atoms. The van der Waals surface area contributed by atoms with Gasteiger partial charge in [0.25, 0.3) is 0 Å². The Balaban J connectivity index is 1.95. The van der Waals surface area contributed by atoms with Crippen molar-refractivity contribution in [2.45, 2.75) is 31.7 Å². The van der Waals surface area contributed by atoms with E-state index < -0.39 is 5.82 Å². The Kier molecular flexibility index (Phi) is 4.66. The number of aliphatic hydroxyl groups is 1. The summed E-state index contributed by atoms with van der Waals surface area (Å²) in [5, 5.41) is 9.28. The fourth-order valence-corrected chi connectivity index (χ4v) is 2.56. The summed E-state index contributed by atoms with van der Waals surface area (Å²) in [6.45, 7) is 1.75. The van der Waals surface area contributed by atoms with E-state index in [-0.39, 0.29) is 18.5 Å². The summed E-state index contributed by atoms with van der Waals surface area (Å²) >= 11 is 0. The molecule has 1 atom stereocenters. The number of piperidine rings is 1. The molecule has 1 saturated heterocycles. The van der Waals surface area contributed by atoms with Crippen molar-refractivity contribution in [2.24, 2.45) is 0 Å². The fraction of sp³-hybridized carbons (Fsp3) is 0.571. The van der Waals surface area contributed by atoms with Gasteiger partial charge < -0.3 is 5.11 Å². The van der Waals surface area contributed by atoms with E-state index in [9.17, 15) is 13.9 Å². The average molecular weight is 255 g/mol. The molecule has 0 bridgehead atoms. The molecule has 4 heteroatoms. The van der Waals surface area contributed by atoms with Crippen molar-refractivity contribution in [3.05, 3.63) is 35.4 Å². The van der Waals surface area contributed by atoms with Crippen molar-refractivity contribution in [3.8, 4) is 0 Å². The average Bonchev–Trinajstić information content (AvgIpc) is 2.40. The number of halogens is 2. The van der Waals surface area contributed by atoms with Crippen molar-refractivity contribution >= 4 is 0 Å². The molecular weight excluding hydrogens is 236 g/mol. The second kappa shape index (κ2) is 6.25. The number of hydrogen-bond donors (Lipinski definition) is 1. The molecule has 1 unspecified atom stereocenters. The van der Waals surface area contributed by atoms with Crippen LogP contribution in [0.4, 0.5) is 8.78 Å². The van der Waals surface area contributed by atoms with E-state index in [0.29, 0.717) is 18.5 Å². The molecule has 0 amide bonds. The first kappa shape index (κ1) is 13.4. The molecule has 0 aromatic heterocycles. The summed E-state index contributed by atoms with van der Waals surface area (Å²) < 4.78 is 26.5. The lowest BCUT2D eigenvalue weighted by Crippen LogP contribution is -2.42. The summed E-state index contributed by atoms with van der Waals surface area (Å²) in [5.74, 6) is -0.752. The smallest absolute Gasteiger partial charge is 0.126 e. The maximum Gasteiger partial charge on any atom is 0.126 e. The van der Waals surface area contributed by atoms with Gasteiger partial charge in [-0.1, -0.05) is 6.42 Å². The maximum atomic E-state index is 13.5. The van der Waals surface area contributed by atoms with Gasteiger partial charge in [0.15, 0.2) is 0 Å². The third-order valence-corrected chi connectivity index (χ3v) is 3.64. The Morgan fingerprint density at radius 3 is 2.89 bits per heavy atom. The number of hydrogen-bond acceptors (Lipinski definition) is 2. The first-order chi connectivity index (χ1) is 8.70. The van der Waals surface area contributed by atoms with Crippen molar-refractivity contribution in [3.63, 3.8) is 0 Å². The van der Waals surface area contributed by atoms with E-state index in [1.807, 2.05) is 0 Å². The van der Waals surface area contributed by atoms with E-state index >= 15 is 0 Å². The second-order valence-electron chi connectivity index (χ2n) is 4.85. The van der Waals surface area contributed by atoms with Crippen LogP contribution in [-0.4, -0.2) is 35.7 Å². The zero-order chi connectivity index (χ0) is 13.0. The molecular formula is C14H19F2NO. The molecule has 1 aliphatic rings. The number of aliphatic hydroxyl groups excluding tert-OH is 1. The van der Waals surface area contributed by atoms with E-state index in [2.05, 4.69) is 4.90 Å². The van der Waals surface area contributed by atoms with Crippen LogP contribution in [0.1, 0.15) is 24.8 Å². The Hall–Kier alpha value is -1.00. The van der Waals surface area contributed by atoms with Gasteiger partial charge in [-0.3, -0.25) is 4.90 Å². The van der Waals surface area contributed by atoms with Crippen molar-refractivity contribution < 1.29 is 13.9 Å². The van der Waals surface area contributed by atoms with Gasteiger partial charge in [0.1, 0.15) is 11.6 Å². The highest BCUT2D eigenvalue weighted by atomic mass is 19.1. The molecule has 100 valence electrons. The number of benzene rings is 1. The number of nitrogens with zero attached hydrogens (tertiary/aromatic N) is 1. The first-order valence-electron chi connectivity index (χ1n) is 6.49. The van der Waals surface area contributed by atoms with Gasteiger partial charge in [-0.15, -0.1) is 0 Å². The van der Waals surface area contributed by atoms with Gasteiger partial charge in [-0.05, 0) is 49.6 Å². The molecule has 18 heavy (non-hydrogen) atoms. The molecule has 2 rings (SSSR count). The van der Waals surface area contributed by atoms with Crippen LogP contribution in [0.15, 0.2) is 18.2 Å². The van der Waals surface area contributed by atoms with Crippen molar-refractivity contribution in [1.29, 1.82) is 0 Å². The lowest BCUT2D eigenvalue weighted by atomic mass is 10.0. The minimum atomic E-state index is -0.399. The predicted molar refractivity (Wildman–Crippen MR) is 66.4 cm³/mol. The summed E-state index contributed by atoms with van der Waals surface area (Å²) in [6.07, 6.45) is 3.72. The van der Waals surface area contributed by atoms with Crippen LogP contribution in [0.2, 0.25) is 0 Å². The van der Waals surface area contributed by atoms with Crippen LogP contribution in [0, 0.1) is 11.6 Å². The predicted octanol–water partition coefficient (Wildman–Crippen LogP) is 2.35. The lowest BCUT2D eigenvalue weighted by Gasteiger charge is -2.34. The van der Waals surface area contributed by atoms with Crippen molar-refractivity contribution in [2.75, 3.05) is 19.7 Å². The van der Waals surface area contributed by atoms with Crippen LogP contribution in [0.3, 0.4) is 0 Å². The number of rotatable bonds is 4. The Morgan fingerprint density at radius 2 is 2.11 bits per heavy atom. The first-order valence-corrected chi connectivity index (χ1v) is 6.49. The molecule has 1 aromatic carbocycles. The minimum absolute atomic E-state index is 0.144. The molecule has 1 N–H and O–H groups in total. The summed E-state index contributed by atoms with van der Waals surface area (Å²) in [4.78, 5) is 2.17. The largest absolute Gasteiger partial charge is 0.395 e. The summed E-state index contributed by atoms with van der Waals surface area (Å²) in [6, 6.07) is 3.74. The van der Waals surface area contributed by atoms with Gasteiger partial charge in [0.2, 0.25) is 0 Å². The van der Waals surface area contributed by atoms with Crippen LogP contribution in [0.5, 0.6) is 0 Å². The van der Waals surface area contributed by atoms with Crippen LogP contribution >= 0.6 is 0 Å². The van der Waals surface area contributed by atoms with E-state index in [1.165, 1.54) is 12.1 Å².